The molecule has 1 aromatic heterocycles. The van der Waals surface area contributed by atoms with Crippen LogP contribution in [-0.2, 0) is 11.3 Å². The summed E-state index contributed by atoms with van der Waals surface area (Å²) in [6, 6.07) is 3.54. The lowest BCUT2D eigenvalue weighted by molar-refractivity contribution is -0.123. The number of amides is 1. The van der Waals surface area contributed by atoms with Gasteiger partial charge in [-0.05, 0) is 43.9 Å². The van der Waals surface area contributed by atoms with Crippen LogP contribution in [0.15, 0.2) is 22.8 Å². The zero-order valence-electron chi connectivity index (χ0n) is 12.5. The second-order valence-corrected chi connectivity index (χ2v) is 5.95. The molecule has 0 radical (unpaired) electrons. The van der Waals surface area contributed by atoms with Crippen LogP contribution in [0.25, 0.3) is 0 Å². The van der Waals surface area contributed by atoms with E-state index in [2.05, 4.69) is 17.6 Å². The topological polar surface area (TPSA) is 54.3 Å². The average molecular weight is 278 g/mol. The number of hydrogen-bond donors (Lipinski definition) is 2. The Kier molecular flexibility index (Phi) is 5.65. The summed E-state index contributed by atoms with van der Waals surface area (Å²) >= 11 is 0. The maximum Gasteiger partial charge on any atom is 0.237 e. The van der Waals surface area contributed by atoms with Gasteiger partial charge < -0.3 is 15.1 Å². The fraction of sp³-hybridized carbons (Fsp3) is 0.688. The van der Waals surface area contributed by atoms with Gasteiger partial charge in [0, 0.05) is 0 Å². The van der Waals surface area contributed by atoms with Gasteiger partial charge in [-0.3, -0.25) is 4.79 Å². The number of furan rings is 1. The van der Waals surface area contributed by atoms with Crippen molar-refractivity contribution in [3.8, 4) is 0 Å². The molecular formula is C16H26N2O2. The highest BCUT2D eigenvalue weighted by molar-refractivity contribution is 5.81. The third kappa shape index (κ3) is 4.37. The highest BCUT2D eigenvalue weighted by Gasteiger charge is 2.22. The Bertz CT molecular complexity index is 403. The zero-order valence-corrected chi connectivity index (χ0v) is 12.5. The number of rotatable bonds is 6. The van der Waals surface area contributed by atoms with Gasteiger partial charge in [0.1, 0.15) is 5.76 Å². The van der Waals surface area contributed by atoms with Crippen molar-refractivity contribution in [3.05, 3.63) is 24.2 Å². The predicted molar refractivity (Wildman–Crippen MR) is 79.1 cm³/mol. The van der Waals surface area contributed by atoms with E-state index >= 15 is 0 Å². The SMILES string of the molecule is CC(NCC1CCCCC1C)C(=O)NCc1ccco1. The van der Waals surface area contributed by atoms with Crippen LogP contribution in [0.3, 0.4) is 0 Å². The van der Waals surface area contributed by atoms with E-state index in [-0.39, 0.29) is 11.9 Å². The molecule has 1 aliphatic carbocycles. The van der Waals surface area contributed by atoms with E-state index in [1.807, 2.05) is 19.1 Å². The second kappa shape index (κ2) is 7.48. The summed E-state index contributed by atoms with van der Waals surface area (Å²) in [6.45, 7) is 5.65. The van der Waals surface area contributed by atoms with Crippen LogP contribution >= 0.6 is 0 Å². The van der Waals surface area contributed by atoms with Gasteiger partial charge in [-0.1, -0.05) is 26.2 Å². The molecule has 2 rings (SSSR count). The Labute approximate surface area is 121 Å². The first-order valence-electron chi connectivity index (χ1n) is 7.70. The number of carbonyl (C=O) groups is 1. The van der Waals surface area contributed by atoms with Crippen molar-refractivity contribution in [3.63, 3.8) is 0 Å². The average Bonchev–Trinajstić information content (AvgIpc) is 2.97. The third-order valence-corrected chi connectivity index (χ3v) is 4.39. The summed E-state index contributed by atoms with van der Waals surface area (Å²) in [7, 11) is 0. The minimum Gasteiger partial charge on any atom is -0.467 e. The Morgan fingerprint density at radius 2 is 2.25 bits per heavy atom. The van der Waals surface area contributed by atoms with Crippen LogP contribution < -0.4 is 10.6 Å². The van der Waals surface area contributed by atoms with E-state index in [9.17, 15) is 4.79 Å². The summed E-state index contributed by atoms with van der Waals surface area (Å²) in [5.74, 6) is 2.30. The molecule has 1 heterocycles. The van der Waals surface area contributed by atoms with E-state index in [0.717, 1.165) is 18.2 Å². The maximum absolute atomic E-state index is 12.0. The van der Waals surface area contributed by atoms with Crippen molar-refractivity contribution in [2.75, 3.05) is 6.54 Å². The molecule has 1 aromatic rings. The lowest BCUT2D eigenvalue weighted by Crippen LogP contribution is -2.44. The van der Waals surface area contributed by atoms with Crippen molar-refractivity contribution in [2.45, 2.75) is 52.1 Å². The highest BCUT2D eigenvalue weighted by Crippen LogP contribution is 2.28. The normalized spacial score (nSPS) is 24.3. The molecule has 1 fully saturated rings. The van der Waals surface area contributed by atoms with Gasteiger partial charge in [0.25, 0.3) is 0 Å². The largest absolute Gasteiger partial charge is 0.467 e. The zero-order chi connectivity index (χ0) is 14.4. The smallest absolute Gasteiger partial charge is 0.237 e. The Hall–Kier alpha value is -1.29. The number of nitrogens with one attached hydrogen (secondary N) is 2. The Morgan fingerprint density at radius 1 is 1.45 bits per heavy atom. The molecule has 0 spiro atoms. The van der Waals surface area contributed by atoms with Crippen molar-refractivity contribution in [2.24, 2.45) is 11.8 Å². The first kappa shape index (κ1) is 15.1. The second-order valence-electron chi connectivity index (χ2n) is 5.95. The van der Waals surface area contributed by atoms with Crippen LogP contribution in [0.5, 0.6) is 0 Å². The van der Waals surface area contributed by atoms with Gasteiger partial charge in [0.2, 0.25) is 5.91 Å². The summed E-state index contributed by atoms with van der Waals surface area (Å²) in [5, 5.41) is 6.26. The van der Waals surface area contributed by atoms with Crippen LogP contribution in [0, 0.1) is 11.8 Å². The number of hydrogen-bond acceptors (Lipinski definition) is 3. The van der Waals surface area contributed by atoms with E-state index < -0.39 is 0 Å². The number of carbonyl (C=O) groups excluding carboxylic acids is 1. The minimum absolute atomic E-state index is 0.0323. The molecule has 112 valence electrons. The lowest BCUT2D eigenvalue weighted by Gasteiger charge is -2.29. The quantitative estimate of drug-likeness (QED) is 0.841. The summed E-state index contributed by atoms with van der Waals surface area (Å²) in [6.07, 6.45) is 6.92. The molecule has 2 N–H and O–H groups in total. The molecule has 4 heteroatoms. The first-order chi connectivity index (χ1) is 9.66. The van der Waals surface area contributed by atoms with Crippen molar-refractivity contribution in [1.29, 1.82) is 0 Å². The minimum atomic E-state index is -0.154. The summed E-state index contributed by atoms with van der Waals surface area (Å²) < 4.78 is 5.20. The van der Waals surface area contributed by atoms with Gasteiger partial charge in [0.15, 0.2) is 0 Å². The maximum atomic E-state index is 12.0. The molecule has 1 amide bonds. The monoisotopic (exact) mass is 278 g/mol. The summed E-state index contributed by atoms with van der Waals surface area (Å²) in [5.41, 5.74) is 0. The molecule has 0 saturated heterocycles. The molecular weight excluding hydrogens is 252 g/mol. The fourth-order valence-corrected chi connectivity index (χ4v) is 2.86. The van der Waals surface area contributed by atoms with Gasteiger partial charge in [0.05, 0.1) is 18.8 Å². The Morgan fingerprint density at radius 3 is 2.95 bits per heavy atom. The first-order valence-corrected chi connectivity index (χ1v) is 7.70. The molecule has 1 aliphatic rings. The molecule has 0 aromatic carbocycles. The summed E-state index contributed by atoms with van der Waals surface area (Å²) in [4.78, 5) is 12.0. The Balaban J connectivity index is 1.68. The fourth-order valence-electron chi connectivity index (χ4n) is 2.86. The third-order valence-electron chi connectivity index (χ3n) is 4.39. The van der Waals surface area contributed by atoms with E-state index in [1.165, 1.54) is 25.7 Å². The standard InChI is InChI=1S/C16H26N2O2/c1-12-6-3-4-7-14(12)10-17-13(2)16(19)18-11-15-8-5-9-20-15/h5,8-9,12-14,17H,3-4,6-7,10-11H2,1-2H3,(H,18,19). The predicted octanol–water partition coefficient (Wildman–Crippen LogP) is 2.70. The molecule has 3 unspecified atom stereocenters. The van der Waals surface area contributed by atoms with Crippen molar-refractivity contribution >= 4 is 5.91 Å². The molecule has 1 saturated carbocycles. The molecule has 20 heavy (non-hydrogen) atoms. The van der Waals surface area contributed by atoms with E-state index in [0.29, 0.717) is 12.5 Å². The van der Waals surface area contributed by atoms with Crippen molar-refractivity contribution in [1.82, 2.24) is 10.6 Å². The highest BCUT2D eigenvalue weighted by atomic mass is 16.3. The molecule has 0 bridgehead atoms. The molecule has 3 atom stereocenters. The van der Waals surface area contributed by atoms with Gasteiger partial charge >= 0.3 is 0 Å². The van der Waals surface area contributed by atoms with E-state index in [4.69, 9.17) is 4.42 Å². The van der Waals surface area contributed by atoms with Gasteiger partial charge in [-0.2, -0.15) is 0 Å². The van der Waals surface area contributed by atoms with Gasteiger partial charge in [-0.15, -0.1) is 0 Å². The lowest BCUT2D eigenvalue weighted by atomic mass is 9.80. The van der Waals surface area contributed by atoms with Crippen LogP contribution in [0.4, 0.5) is 0 Å². The van der Waals surface area contributed by atoms with Crippen LogP contribution in [-0.4, -0.2) is 18.5 Å². The van der Waals surface area contributed by atoms with Crippen LogP contribution in [0.1, 0.15) is 45.3 Å². The molecule has 0 aliphatic heterocycles. The van der Waals surface area contributed by atoms with Crippen LogP contribution in [0.2, 0.25) is 0 Å². The van der Waals surface area contributed by atoms with Gasteiger partial charge in [-0.25, -0.2) is 0 Å². The van der Waals surface area contributed by atoms with E-state index in [1.54, 1.807) is 6.26 Å². The van der Waals surface area contributed by atoms with Crippen molar-refractivity contribution < 1.29 is 9.21 Å². The molecule has 4 nitrogen and oxygen atoms in total.